The smallest absolute Gasteiger partial charge is 0.245 e. The quantitative estimate of drug-likeness (QED) is 0.682. The number of thiophene rings is 1. The highest BCUT2D eigenvalue weighted by molar-refractivity contribution is 9.10. The first-order chi connectivity index (χ1) is 8.08. The van der Waals surface area contributed by atoms with Crippen LogP contribution in [0.15, 0.2) is 22.0 Å². The first kappa shape index (κ1) is 13.6. The third-order valence-corrected chi connectivity index (χ3v) is 3.58. The molecule has 0 radical (unpaired) electrons. The number of hydrogen-bond donors (Lipinski definition) is 1. The summed E-state index contributed by atoms with van der Waals surface area (Å²) in [5.41, 5.74) is 0. The summed E-state index contributed by atoms with van der Waals surface area (Å²) in [6.45, 7) is 0. The summed E-state index contributed by atoms with van der Waals surface area (Å²) in [5, 5.41) is 12.9. The monoisotopic (exact) mass is 312 g/mol. The molecular weight excluding hydrogens is 304 g/mol. The fourth-order valence-corrected chi connectivity index (χ4v) is 2.41. The maximum atomic E-state index is 11.6. The van der Waals surface area contributed by atoms with Crippen LogP contribution in [-0.2, 0) is 9.59 Å². The number of carbonyl (C=O) groups excluding carboxylic acids is 2. The van der Waals surface area contributed by atoms with Gasteiger partial charge in [-0.3, -0.25) is 9.59 Å². The number of nitrogens with one attached hydrogen (secondary N) is 1. The second-order valence-corrected chi connectivity index (χ2v) is 4.94. The van der Waals surface area contributed by atoms with Crippen LogP contribution >= 0.6 is 27.3 Å². The lowest BCUT2D eigenvalue weighted by atomic mass is 10.0. The highest BCUT2D eigenvalue weighted by Crippen LogP contribution is 2.20. The second-order valence-electron chi connectivity index (χ2n) is 3.08. The number of carbonyl (C=O) groups is 2. The van der Waals surface area contributed by atoms with Gasteiger partial charge in [-0.1, -0.05) is 0 Å². The van der Waals surface area contributed by atoms with E-state index in [9.17, 15) is 9.59 Å². The lowest BCUT2D eigenvalue weighted by Crippen LogP contribution is -2.31. The number of allylic oxidation sites excluding steroid dienone is 1. The first-order valence-electron chi connectivity index (χ1n) is 4.65. The maximum absolute atomic E-state index is 11.6. The van der Waals surface area contributed by atoms with E-state index >= 15 is 0 Å². The number of ketones is 1. The van der Waals surface area contributed by atoms with Crippen molar-refractivity contribution in [2.24, 2.45) is 5.92 Å². The third kappa shape index (κ3) is 3.80. The van der Waals surface area contributed by atoms with Gasteiger partial charge in [0.2, 0.25) is 5.91 Å². The van der Waals surface area contributed by atoms with Crippen molar-refractivity contribution in [3.8, 4) is 6.07 Å². The average Bonchev–Trinajstić information content (AvgIpc) is 2.73. The highest BCUT2D eigenvalue weighted by Gasteiger charge is 2.22. The van der Waals surface area contributed by atoms with Gasteiger partial charge in [-0.15, -0.1) is 11.3 Å². The molecule has 0 aliphatic carbocycles. The zero-order chi connectivity index (χ0) is 12.8. The molecule has 0 aliphatic heterocycles. The predicted octanol–water partition coefficient (Wildman–Crippen LogP) is 1.98. The summed E-state index contributed by atoms with van der Waals surface area (Å²) in [6, 6.07) is 3.52. The van der Waals surface area contributed by atoms with E-state index in [4.69, 9.17) is 5.26 Å². The van der Waals surface area contributed by atoms with E-state index in [1.807, 2.05) is 11.4 Å². The molecule has 1 rings (SSSR count). The van der Waals surface area contributed by atoms with Gasteiger partial charge in [0.1, 0.15) is 0 Å². The molecule has 0 aromatic carbocycles. The Balaban J connectivity index is 2.75. The van der Waals surface area contributed by atoms with Crippen molar-refractivity contribution in [3.63, 3.8) is 0 Å². The van der Waals surface area contributed by atoms with Gasteiger partial charge in [0.15, 0.2) is 11.7 Å². The molecular formula is C11H9BrN2O2S. The average molecular weight is 313 g/mol. The van der Waals surface area contributed by atoms with Crippen LogP contribution in [0, 0.1) is 17.2 Å². The molecule has 1 amide bonds. The van der Waals surface area contributed by atoms with Crippen LogP contribution < -0.4 is 5.32 Å². The SMILES string of the molecule is CNC(=O)[C@H](C#N)C(=O)/C=C/c1cc(Br)cs1. The molecule has 1 aromatic heterocycles. The zero-order valence-corrected chi connectivity index (χ0v) is 11.3. The minimum Gasteiger partial charge on any atom is -0.358 e. The molecule has 0 bridgehead atoms. The molecule has 1 N–H and O–H groups in total. The van der Waals surface area contributed by atoms with Crippen LogP contribution in [0.1, 0.15) is 4.88 Å². The summed E-state index contributed by atoms with van der Waals surface area (Å²) in [7, 11) is 1.39. The standard InChI is InChI=1S/C11H9BrN2O2S/c1-14-11(16)9(5-13)10(15)3-2-8-4-7(12)6-17-8/h2-4,6,9H,1H3,(H,14,16)/b3-2+/t9-/m1/s1. The Kier molecular flexibility index (Phi) is 5.07. The fraction of sp³-hybridized carbons (Fsp3) is 0.182. The molecule has 0 unspecified atom stereocenters. The number of halogens is 1. The molecule has 17 heavy (non-hydrogen) atoms. The fourth-order valence-electron chi connectivity index (χ4n) is 1.07. The molecule has 1 heterocycles. The van der Waals surface area contributed by atoms with Gasteiger partial charge in [0.25, 0.3) is 0 Å². The molecule has 0 spiro atoms. The first-order valence-corrected chi connectivity index (χ1v) is 6.33. The number of rotatable bonds is 4. The molecule has 1 atom stereocenters. The summed E-state index contributed by atoms with van der Waals surface area (Å²) >= 11 is 4.75. The molecule has 0 saturated carbocycles. The predicted molar refractivity (Wildman–Crippen MR) is 69.2 cm³/mol. The van der Waals surface area contributed by atoms with E-state index in [1.54, 1.807) is 12.1 Å². The Bertz CT molecular complexity index is 502. The number of nitrogens with zero attached hydrogens (tertiary/aromatic N) is 1. The molecule has 6 heteroatoms. The van der Waals surface area contributed by atoms with Crippen molar-refractivity contribution in [1.29, 1.82) is 5.26 Å². The van der Waals surface area contributed by atoms with Crippen LogP contribution in [0.25, 0.3) is 6.08 Å². The number of amides is 1. The number of nitriles is 1. The molecule has 88 valence electrons. The topological polar surface area (TPSA) is 70.0 Å². The van der Waals surface area contributed by atoms with Gasteiger partial charge in [0, 0.05) is 21.8 Å². The van der Waals surface area contributed by atoms with Crippen molar-refractivity contribution in [2.75, 3.05) is 7.05 Å². The van der Waals surface area contributed by atoms with Gasteiger partial charge >= 0.3 is 0 Å². The second kappa shape index (κ2) is 6.33. The number of hydrogen-bond acceptors (Lipinski definition) is 4. The Hall–Kier alpha value is -1.45. The van der Waals surface area contributed by atoms with Crippen molar-refractivity contribution in [2.45, 2.75) is 0 Å². The van der Waals surface area contributed by atoms with Crippen LogP contribution in [0.2, 0.25) is 0 Å². The molecule has 0 fully saturated rings. The summed E-state index contributed by atoms with van der Waals surface area (Å²) < 4.78 is 0.928. The minimum atomic E-state index is -1.28. The van der Waals surface area contributed by atoms with E-state index in [-0.39, 0.29) is 0 Å². The van der Waals surface area contributed by atoms with Crippen molar-refractivity contribution in [3.05, 3.63) is 26.9 Å². The third-order valence-electron chi connectivity index (χ3n) is 1.92. The van der Waals surface area contributed by atoms with E-state index < -0.39 is 17.6 Å². The highest BCUT2D eigenvalue weighted by atomic mass is 79.9. The molecule has 4 nitrogen and oxygen atoms in total. The lowest BCUT2D eigenvalue weighted by Gasteiger charge is -2.02. The van der Waals surface area contributed by atoms with Crippen molar-refractivity contribution < 1.29 is 9.59 Å². The van der Waals surface area contributed by atoms with E-state index in [2.05, 4.69) is 21.2 Å². The van der Waals surface area contributed by atoms with Gasteiger partial charge in [0.05, 0.1) is 6.07 Å². The van der Waals surface area contributed by atoms with Crippen molar-refractivity contribution >= 4 is 45.0 Å². The van der Waals surface area contributed by atoms with Crippen LogP contribution in [0.3, 0.4) is 0 Å². The van der Waals surface area contributed by atoms with Gasteiger partial charge in [-0.05, 0) is 34.1 Å². The Morgan fingerprint density at radius 1 is 1.65 bits per heavy atom. The van der Waals surface area contributed by atoms with Gasteiger partial charge < -0.3 is 5.32 Å². The van der Waals surface area contributed by atoms with E-state index in [0.29, 0.717) is 0 Å². The molecule has 1 aromatic rings. The van der Waals surface area contributed by atoms with Gasteiger partial charge in [-0.2, -0.15) is 5.26 Å². The van der Waals surface area contributed by atoms with Crippen LogP contribution in [0.4, 0.5) is 0 Å². The summed E-state index contributed by atoms with van der Waals surface area (Å²) in [5.74, 6) is -2.38. The summed E-state index contributed by atoms with van der Waals surface area (Å²) in [4.78, 5) is 23.7. The van der Waals surface area contributed by atoms with E-state index in [1.165, 1.54) is 24.5 Å². The normalized spacial score (nSPS) is 12.1. The maximum Gasteiger partial charge on any atom is 0.245 e. The Morgan fingerprint density at radius 2 is 2.35 bits per heavy atom. The molecule has 0 saturated heterocycles. The lowest BCUT2D eigenvalue weighted by molar-refractivity contribution is -0.129. The summed E-state index contributed by atoms with van der Waals surface area (Å²) in [6.07, 6.45) is 2.84. The van der Waals surface area contributed by atoms with E-state index in [0.717, 1.165) is 9.35 Å². The van der Waals surface area contributed by atoms with Crippen LogP contribution in [-0.4, -0.2) is 18.7 Å². The minimum absolute atomic E-state index is 0.517. The Morgan fingerprint density at radius 3 is 2.82 bits per heavy atom. The Labute approximate surface area is 111 Å². The van der Waals surface area contributed by atoms with Crippen molar-refractivity contribution in [1.82, 2.24) is 5.32 Å². The molecule has 0 aliphatic rings. The van der Waals surface area contributed by atoms with Gasteiger partial charge in [-0.25, -0.2) is 0 Å². The zero-order valence-electron chi connectivity index (χ0n) is 8.94. The largest absolute Gasteiger partial charge is 0.358 e. The van der Waals surface area contributed by atoms with Crippen LogP contribution in [0.5, 0.6) is 0 Å².